The maximum atomic E-state index is 9.21. The molecule has 0 radical (unpaired) electrons. The Morgan fingerprint density at radius 2 is 1.18 bits per heavy atom. The molecule has 4 aromatic rings. The Hall–Kier alpha value is -3.03. The van der Waals surface area contributed by atoms with Crippen LogP contribution in [0.4, 0.5) is 17.1 Å². The SMILES string of the molecule is [2H]c1c([2H])c(C(C)(C)C)c([2H])c([2H])c1-c1cc(C(C)(C)C)ccc1N(c1ccc(C(C)(C)C)cc1)c1cc(Cl)cc(C([2H])([2H])[2H])c1. The monoisotopic (exact) mass is 544 g/mol. The van der Waals surface area contributed by atoms with E-state index >= 15 is 0 Å². The molecule has 2 heteroatoms. The Morgan fingerprint density at radius 1 is 0.615 bits per heavy atom. The number of nitrogens with zero attached hydrogens (tertiary/aromatic N) is 1. The lowest BCUT2D eigenvalue weighted by Crippen LogP contribution is -2.16. The number of benzene rings is 4. The summed E-state index contributed by atoms with van der Waals surface area (Å²) in [7, 11) is 0. The van der Waals surface area contributed by atoms with Crippen molar-refractivity contribution in [1.29, 1.82) is 0 Å². The van der Waals surface area contributed by atoms with Gasteiger partial charge >= 0.3 is 0 Å². The number of halogens is 1. The minimum atomic E-state index is -2.41. The first-order valence-corrected chi connectivity index (χ1v) is 13.8. The molecule has 0 aliphatic rings. The fraction of sp³-hybridized carbons (Fsp3) is 0.351. The molecule has 0 fully saturated rings. The van der Waals surface area contributed by atoms with Crippen LogP contribution in [0, 0.1) is 6.85 Å². The van der Waals surface area contributed by atoms with Gasteiger partial charge in [0, 0.05) is 26.1 Å². The summed E-state index contributed by atoms with van der Waals surface area (Å²) >= 11 is 6.57. The van der Waals surface area contributed by atoms with Crippen molar-refractivity contribution in [2.75, 3.05) is 4.90 Å². The van der Waals surface area contributed by atoms with Gasteiger partial charge in [0.15, 0.2) is 0 Å². The van der Waals surface area contributed by atoms with Gasteiger partial charge < -0.3 is 4.90 Å². The summed E-state index contributed by atoms with van der Waals surface area (Å²) < 4.78 is 60.8. The molecule has 204 valence electrons. The molecule has 0 N–H and O–H groups in total. The Morgan fingerprint density at radius 3 is 1.72 bits per heavy atom. The quantitative estimate of drug-likeness (QED) is 0.247. The van der Waals surface area contributed by atoms with E-state index in [2.05, 4.69) is 41.5 Å². The fourth-order valence-electron chi connectivity index (χ4n) is 4.46. The van der Waals surface area contributed by atoms with E-state index in [0.717, 1.165) is 16.8 Å². The molecule has 0 aliphatic carbocycles. The number of hydrogen-bond donors (Lipinski definition) is 0. The Kier molecular flexibility index (Phi) is 5.61. The predicted octanol–water partition coefficient (Wildman–Crippen LogP) is 11.7. The van der Waals surface area contributed by atoms with Crippen molar-refractivity contribution in [3.8, 4) is 11.1 Å². The second kappa shape index (κ2) is 10.5. The molecular weight excluding hydrogens is 494 g/mol. The van der Waals surface area contributed by atoms with Gasteiger partial charge in [0.1, 0.15) is 0 Å². The lowest BCUT2D eigenvalue weighted by molar-refractivity contribution is 0.590. The van der Waals surface area contributed by atoms with Gasteiger partial charge in [-0.2, -0.15) is 0 Å². The van der Waals surface area contributed by atoms with Gasteiger partial charge in [-0.05, 0) is 93.4 Å². The van der Waals surface area contributed by atoms with E-state index in [9.17, 15) is 2.74 Å². The summed E-state index contributed by atoms with van der Waals surface area (Å²) in [5.74, 6) is 0. The van der Waals surface area contributed by atoms with Crippen LogP contribution in [0.2, 0.25) is 5.02 Å². The summed E-state index contributed by atoms with van der Waals surface area (Å²) in [4.78, 5) is 1.89. The summed E-state index contributed by atoms with van der Waals surface area (Å²) in [6.45, 7) is 15.9. The minimum Gasteiger partial charge on any atom is -0.310 e. The summed E-state index contributed by atoms with van der Waals surface area (Å²) in [5.41, 5.74) is 3.96. The highest BCUT2D eigenvalue weighted by Crippen LogP contribution is 2.44. The van der Waals surface area contributed by atoms with Crippen LogP contribution in [-0.4, -0.2) is 0 Å². The third kappa shape index (κ3) is 6.59. The molecule has 0 aliphatic heterocycles. The van der Waals surface area contributed by atoms with Crippen LogP contribution in [0.25, 0.3) is 11.1 Å². The number of anilines is 3. The standard InChI is InChI=1S/C37H44ClN/c1-25-21-30(38)24-32(22-25)39(31-18-15-28(16-19-31)36(5,6)7)34-20-17-29(37(8,9)10)23-33(34)26-11-13-27(14-12-26)35(2,3)4/h11-24H,1-10H3/i1D3,11D,12D,13D,14D. The third-order valence-corrected chi connectivity index (χ3v) is 7.10. The number of aryl methyl sites for hydroxylation is 1. The molecule has 0 saturated heterocycles. The highest BCUT2D eigenvalue weighted by atomic mass is 35.5. The topological polar surface area (TPSA) is 3.24 Å². The average molecular weight is 545 g/mol. The smallest absolute Gasteiger partial charge is 0.0629 e. The third-order valence-electron chi connectivity index (χ3n) is 6.88. The normalized spacial score (nSPS) is 15.4. The zero-order chi connectivity index (χ0) is 34.7. The maximum absolute atomic E-state index is 9.21. The molecule has 1 nitrogen and oxygen atoms in total. The molecule has 0 saturated carbocycles. The lowest BCUT2D eigenvalue weighted by Gasteiger charge is -2.31. The fourth-order valence-corrected chi connectivity index (χ4v) is 4.69. The molecular formula is C37H44ClN. The van der Waals surface area contributed by atoms with Crippen molar-refractivity contribution in [2.45, 2.75) is 85.4 Å². The van der Waals surface area contributed by atoms with E-state index in [1.807, 2.05) is 68.1 Å². The van der Waals surface area contributed by atoms with Crippen molar-refractivity contribution >= 4 is 28.7 Å². The summed E-state index contributed by atoms with van der Waals surface area (Å²) in [5, 5.41) is 0.256. The van der Waals surface area contributed by atoms with Gasteiger partial charge in [-0.1, -0.05) is 116 Å². The highest BCUT2D eigenvalue weighted by Gasteiger charge is 2.23. The summed E-state index contributed by atoms with van der Waals surface area (Å²) in [6, 6.07) is 18.2. The van der Waals surface area contributed by atoms with Gasteiger partial charge in [-0.25, -0.2) is 0 Å². The lowest BCUT2D eigenvalue weighted by atomic mass is 9.83. The molecule has 0 aromatic heterocycles. The first-order chi connectivity index (χ1) is 20.9. The molecule has 4 rings (SSSR count). The van der Waals surface area contributed by atoms with Crippen molar-refractivity contribution in [3.05, 3.63) is 112 Å². The Labute approximate surface area is 251 Å². The summed E-state index contributed by atoms with van der Waals surface area (Å²) in [6.07, 6.45) is 0. The van der Waals surface area contributed by atoms with Crippen molar-refractivity contribution in [3.63, 3.8) is 0 Å². The molecule has 0 bridgehead atoms. The zero-order valence-electron chi connectivity index (χ0n) is 31.6. The molecule has 4 aromatic carbocycles. The van der Waals surface area contributed by atoms with Gasteiger partial charge in [-0.3, -0.25) is 0 Å². The van der Waals surface area contributed by atoms with E-state index in [4.69, 9.17) is 18.5 Å². The second-order valence-corrected chi connectivity index (χ2v) is 13.7. The zero-order valence-corrected chi connectivity index (χ0v) is 25.4. The van der Waals surface area contributed by atoms with Crippen LogP contribution in [0.1, 0.15) is 94.2 Å². The predicted molar refractivity (Wildman–Crippen MR) is 172 cm³/mol. The van der Waals surface area contributed by atoms with Crippen molar-refractivity contribution < 1.29 is 9.60 Å². The number of rotatable bonds is 4. The van der Waals surface area contributed by atoms with E-state index < -0.39 is 12.3 Å². The van der Waals surface area contributed by atoms with Crippen LogP contribution in [0.5, 0.6) is 0 Å². The van der Waals surface area contributed by atoms with E-state index in [0.29, 0.717) is 22.5 Å². The molecule has 39 heavy (non-hydrogen) atoms. The molecule has 0 spiro atoms. The first-order valence-electron chi connectivity index (χ1n) is 16.9. The van der Waals surface area contributed by atoms with Crippen LogP contribution >= 0.6 is 11.6 Å². The largest absolute Gasteiger partial charge is 0.310 e. The van der Waals surface area contributed by atoms with Crippen LogP contribution in [0.3, 0.4) is 0 Å². The molecule has 0 heterocycles. The van der Waals surface area contributed by atoms with Gasteiger partial charge in [0.25, 0.3) is 0 Å². The molecule has 0 atom stereocenters. The van der Waals surface area contributed by atoms with Crippen LogP contribution in [0.15, 0.2) is 84.8 Å². The Bertz CT molecular complexity index is 1740. The minimum absolute atomic E-state index is 0.0795. The van der Waals surface area contributed by atoms with E-state index in [-0.39, 0.29) is 51.1 Å². The van der Waals surface area contributed by atoms with E-state index in [1.165, 1.54) is 6.07 Å². The van der Waals surface area contributed by atoms with Crippen LogP contribution in [-0.2, 0) is 16.2 Å². The molecule has 0 unspecified atom stereocenters. The average Bonchev–Trinajstić information content (AvgIpc) is 2.91. The Balaban J connectivity index is 2.17. The molecule has 0 amide bonds. The van der Waals surface area contributed by atoms with Gasteiger partial charge in [0.2, 0.25) is 0 Å². The van der Waals surface area contributed by atoms with Crippen LogP contribution < -0.4 is 4.90 Å². The van der Waals surface area contributed by atoms with Crippen molar-refractivity contribution in [2.24, 2.45) is 0 Å². The first kappa shape index (κ1) is 20.8. The van der Waals surface area contributed by atoms with Gasteiger partial charge in [0.05, 0.1) is 11.2 Å². The maximum Gasteiger partial charge on any atom is 0.0629 e. The van der Waals surface area contributed by atoms with Gasteiger partial charge in [-0.15, -0.1) is 0 Å². The highest BCUT2D eigenvalue weighted by molar-refractivity contribution is 6.31. The van der Waals surface area contributed by atoms with E-state index in [1.54, 1.807) is 12.1 Å². The van der Waals surface area contributed by atoms with Crippen molar-refractivity contribution in [1.82, 2.24) is 0 Å². The number of hydrogen-bond acceptors (Lipinski definition) is 1. The second-order valence-electron chi connectivity index (χ2n) is 13.3.